The van der Waals surface area contributed by atoms with Crippen molar-refractivity contribution in [3.63, 3.8) is 0 Å². The lowest BCUT2D eigenvalue weighted by Gasteiger charge is -2.26. The number of benzene rings is 2. The van der Waals surface area contributed by atoms with Crippen molar-refractivity contribution in [3.8, 4) is 0 Å². The van der Waals surface area contributed by atoms with Crippen LogP contribution >= 0.6 is 0 Å². The Balaban J connectivity index is 1.99. The third kappa shape index (κ3) is 2.61. The second kappa shape index (κ2) is 4.88. The van der Waals surface area contributed by atoms with E-state index in [1.807, 2.05) is 45.2 Å². The minimum Gasteiger partial charge on any atom is -0.273 e. The third-order valence-electron chi connectivity index (χ3n) is 3.53. The van der Waals surface area contributed by atoms with Crippen molar-refractivity contribution in [1.82, 2.24) is 10.4 Å². The van der Waals surface area contributed by atoms with Gasteiger partial charge in [-0.3, -0.25) is 20.2 Å². The molecule has 1 heterocycles. The lowest BCUT2D eigenvalue weighted by molar-refractivity contribution is -0.132. The Morgan fingerprint density at radius 1 is 1.19 bits per heavy atom. The molecule has 0 aromatic heterocycles. The Kier molecular flexibility index (Phi) is 3.16. The number of hydrazine groups is 1. The van der Waals surface area contributed by atoms with Crippen molar-refractivity contribution >= 4 is 22.9 Å². The molecule has 2 aromatic rings. The number of rotatable bonds is 1. The molecule has 0 radical (unpaired) electrons. The Bertz CT molecular complexity index is 818. The van der Waals surface area contributed by atoms with Gasteiger partial charge in [-0.15, -0.1) is 0 Å². The molecule has 1 aliphatic rings. The summed E-state index contributed by atoms with van der Waals surface area (Å²) in [6.07, 6.45) is 1.94. The first-order valence-corrected chi connectivity index (χ1v) is 7.07. The zero-order valence-corrected chi connectivity index (χ0v) is 12.6. The summed E-state index contributed by atoms with van der Waals surface area (Å²) >= 11 is 0. The van der Waals surface area contributed by atoms with Gasteiger partial charge >= 0.3 is 0 Å². The quantitative estimate of drug-likeness (QED) is 0.862. The van der Waals surface area contributed by atoms with E-state index in [-0.39, 0.29) is 5.91 Å². The molecule has 2 aromatic carbocycles. The lowest BCUT2D eigenvalue weighted by Crippen LogP contribution is -2.48. The Hall–Kier alpha value is -2.36. The first-order valence-electron chi connectivity index (χ1n) is 7.07. The first kappa shape index (κ1) is 13.6. The van der Waals surface area contributed by atoms with Gasteiger partial charge in [-0.25, -0.2) is 0 Å². The van der Waals surface area contributed by atoms with Gasteiger partial charge in [0, 0.05) is 22.2 Å². The number of hydrogen-bond donors (Lipinski definition) is 1. The fraction of sp³-hybridized carbons (Fsp3) is 0.294. The minimum absolute atomic E-state index is 0.0156. The zero-order chi connectivity index (χ0) is 15.0. The molecular formula is C17H19N3O. The summed E-state index contributed by atoms with van der Waals surface area (Å²) in [5.74, 6) is -0.0156. The van der Waals surface area contributed by atoms with Crippen LogP contribution in [0.5, 0.6) is 0 Å². The van der Waals surface area contributed by atoms with Crippen LogP contribution in [0, 0.1) is 5.41 Å². The summed E-state index contributed by atoms with van der Waals surface area (Å²) in [5.41, 5.74) is 2.47. The van der Waals surface area contributed by atoms with E-state index in [2.05, 4.69) is 28.6 Å². The molecule has 0 atom stereocenters. The molecule has 0 aliphatic carbocycles. The number of fused-ring (bicyclic) bond motifs is 3. The molecule has 0 bridgehead atoms. The molecule has 1 amide bonds. The SMILES string of the molecule is CC(C)(C)C(=O)NN1C=c2ccc3ccccc3c2=NC1. The Morgan fingerprint density at radius 3 is 2.71 bits per heavy atom. The van der Waals surface area contributed by atoms with E-state index in [0.717, 1.165) is 16.0 Å². The van der Waals surface area contributed by atoms with E-state index in [4.69, 9.17) is 0 Å². The highest BCUT2D eigenvalue weighted by Crippen LogP contribution is 2.13. The van der Waals surface area contributed by atoms with Gasteiger partial charge in [0.25, 0.3) is 0 Å². The average molecular weight is 281 g/mol. The molecule has 4 nitrogen and oxygen atoms in total. The lowest BCUT2D eigenvalue weighted by atomic mass is 9.96. The predicted octanol–water partition coefficient (Wildman–Crippen LogP) is 1.55. The van der Waals surface area contributed by atoms with E-state index >= 15 is 0 Å². The van der Waals surface area contributed by atoms with Gasteiger partial charge in [0.2, 0.25) is 5.91 Å². The fourth-order valence-electron chi connectivity index (χ4n) is 2.27. The molecule has 1 aliphatic heterocycles. The largest absolute Gasteiger partial charge is 0.273 e. The molecule has 4 heteroatoms. The van der Waals surface area contributed by atoms with E-state index in [0.29, 0.717) is 6.67 Å². The highest BCUT2D eigenvalue weighted by molar-refractivity contribution is 5.83. The van der Waals surface area contributed by atoms with Gasteiger partial charge in [-0.2, -0.15) is 0 Å². The maximum Gasteiger partial charge on any atom is 0.243 e. The smallest absolute Gasteiger partial charge is 0.243 e. The molecule has 0 spiro atoms. The number of nitrogens with zero attached hydrogens (tertiary/aromatic N) is 2. The van der Waals surface area contributed by atoms with Crippen LogP contribution in [0.4, 0.5) is 0 Å². The summed E-state index contributed by atoms with van der Waals surface area (Å²) in [7, 11) is 0. The van der Waals surface area contributed by atoms with Crippen LogP contribution < -0.4 is 16.0 Å². The van der Waals surface area contributed by atoms with Crippen LogP contribution in [-0.2, 0) is 4.79 Å². The summed E-state index contributed by atoms with van der Waals surface area (Å²) in [6.45, 7) is 6.11. The Morgan fingerprint density at radius 2 is 1.95 bits per heavy atom. The third-order valence-corrected chi connectivity index (χ3v) is 3.53. The van der Waals surface area contributed by atoms with Crippen molar-refractivity contribution in [1.29, 1.82) is 0 Å². The van der Waals surface area contributed by atoms with Crippen LogP contribution in [-0.4, -0.2) is 17.6 Å². The summed E-state index contributed by atoms with van der Waals surface area (Å²) in [4.78, 5) is 16.7. The van der Waals surface area contributed by atoms with E-state index in [9.17, 15) is 4.79 Å². The standard InChI is InChI=1S/C17H19N3O/c1-17(2,3)16(21)19-20-10-13-9-8-12-6-4-5-7-14(12)15(13)18-11-20/h4-10H,11H2,1-3H3,(H,19,21). The fourth-order valence-corrected chi connectivity index (χ4v) is 2.27. The van der Waals surface area contributed by atoms with Crippen LogP contribution in [0.3, 0.4) is 0 Å². The van der Waals surface area contributed by atoms with Crippen molar-refractivity contribution in [2.75, 3.05) is 6.67 Å². The topological polar surface area (TPSA) is 44.7 Å². The van der Waals surface area contributed by atoms with Gasteiger partial charge in [-0.1, -0.05) is 57.2 Å². The highest BCUT2D eigenvalue weighted by atomic mass is 16.2. The molecule has 108 valence electrons. The van der Waals surface area contributed by atoms with E-state index in [1.54, 1.807) is 5.01 Å². The van der Waals surface area contributed by atoms with Crippen molar-refractivity contribution in [2.24, 2.45) is 10.4 Å². The number of carbonyl (C=O) groups excluding carboxylic acids is 1. The second-order valence-corrected chi connectivity index (χ2v) is 6.31. The maximum atomic E-state index is 12.0. The maximum absolute atomic E-state index is 12.0. The normalized spacial score (nSPS) is 14.1. The van der Waals surface area contributed by atoms with Gasteiger partial charge in [-0.05, 0) is 5.39 Å². The van der Waals surface area contributed by atoms with Crippen LogP contribution in [0.15, 0.2) is 41.4 Å². The summed E-state index contributed by atoms with van der Waals surface area (Å²) in [5, 5.41) is 6.09. The first-order chi connectivity index (χ1) is 9.95. The minimum atomic E-state index is -0.419. The van der Waals surface area contributed by atoms with Gasteiger partial charge in [0.1, 0.15) is 6.67 Å². The van der Waals surface area contributed by atoms with Crippen LogP contribution in [0.1, 0.15) is 20.8 Å². The van der Waals surface area contributed by atoms with Gasteiger partial charge < -0.3 is 0 Å². The van der Waals surface area contributed by atoms with E-state index in [1.165, 1.54) is 5.39 Å². The highest BCUT2D eigenvalue weighted by Gasteiger charge is 2.22. The van der Waals surface area contributed by atoms with Crippen molar-refractivity contribution in [2.45, 2.75) is 20.8 Å². The predicted molar refractivity (Wildman–Crippen MR) is 83.5 cm³/mol. The zero-order valence-electron chi connectivity index (χ0n) is 12.6. The van der Waals surface area contributed by atoms with Crippen LogP contribution in [0.2, 0.25) is 0 Å². The number of carbonyl (C=O) groups is 1. The van der Waals surface area contributed by atoms with Gasteiger partial charge in [0.05, 0.1) is 5.36 Å². The van der Waals surface area contributed by atoms with Crippen molar-refractivity contribution < 1.29 is 4.79 Å². The van der Waals surface area contributed by atoms with E-state index < -0.39 is 5.41 Å². The molecule has 0 fully saturated rings. The molecule has 21 heavy (non-hydrogen) atoms. The molecular weight excluding hydrogens is 262 g/mol. The molecule has 0 saturated heterocycles. The Labute approximate surface area is 123 Å². The molecule has 0 saturated carbocycles. The summed E-state index contributed by atoms with van der Waals surface area (Å²) < 4.78 is 0. The number of amides is 1. The monoisotopic (exact) mass is 281 g/mol. The average Bonchev–Trinajstić information content (AvgIpc) is 2.46. The van der Waals surface area contributed by atoms with Gasteiger partial charge in [0.15, 0.2) is 0 Å². The number of nitrogens with one attached hydrogen (secondary N) is 1. The van der Waals surface area contributed by atoms with Crippen molar-refractivity contribution in [3.05, 3.63) is 47.0 Å². The molecule has 0 unspecified atom stereocenters. The molecule has 3 rings (SSSR count). The number of hydrogen-bond acceptors (Lipinski definition) is 3. The second-order valence-electron chi connectivity index (χ2n) is 6.31. The van der Waals surface area contributed by atoms with Crippen LogP contribution in [0.25, 0.3) is 17.0 Å². The molecule has 1 N–H and O–H groups in total. The summed E-state index contributed by atoms with van der Waals surface area (Å²) in [6, 6.07) is 12.3.